The number of rotatable bonds is 5. The molecule has 2 fully saturated rings. The lowest BCUT2D eigenvalue weighted by atomic mass is 9.85. The van der Waals surface area contributed by atoms with Crippen LogP contribution in [0.3, 0.4) is 0 Å². The number of nitrogens with zero attached hydrogens (tertiary/aromatic N) is 2. The quantitative estimate of drug-likeness (QED) is 0.810. The molecule has 134 valence electrons. The van der Waals surface area contributed by atoms with Crippen LogP contribution in [0.25, 0.3) is 0 Å². The summed E-state index contributed by atoms with van der Waals surface area (Å²) in [4.78, 5) is 11.9. The van der Waals surface area contributed by atoms with Crippen LogP contribution >= 0.6 is 0 Å². The van der Waals surface area contributed by atoms with E-state index in [1.165, 1.54) is 14.9 Å². The zero-order valence-electron chi connectivity index (χ0n) is 13.8. The molecule has 1 aromatic heterocycles. The number of hydrogen-bond acceptors (Lipinski definition) is 5. The number of carbonyl (C=O) groups excluding carboxylic acids is 1. The van der Waals surface area contributed by atoms with Gasteiger partial charge in [0.1, 0.15) is 0 Å². The second kappa shape index (κ2) is 6.83. The highest BCUT2D eigenvalue weighted by molar-refractivity contribution is 7.86. The molecule has 3 atom stereocenters. The van der Waals surface area contributed by atoms with Gasteiger partial charge in [0, 0.05) is 39.6 Å². The highest BCUT2D eigenvalue weighted by Crippen LogP contribution is 2.35. The maximum absolute atomic E-state index is 12.2. The van der Waals surface area contributed by atoms with Gasteiger partial charge in [0.05, 0.1) is 19.0 Å². The zero-order valence-corrected chi connectivity index (χ0v) is 14.7. The summed E-state index contributed by atoms with van der Waals surface area (Å²) in [7, 11) is -0.300. The van der Waals surface area contributed by atoms with Gasteiger partial charge in [-0.25, -0.2) is 0 Å². The first-order chi connectivity index (χ1) is 11.4. The van der Waals surface area contributed by atoms with Gasteiger partial charge in [-0.05, 0) is 24.5 Å². The number of piperidine rings is 1. The number of carbonyl (C=O) groups is 1. The monoisotopic (exact) mass is 357 g/mol. The second-order valence-electron chi connectivity index (χ2n) is 6.42. The van der Waals surface area contributed by atoms with Crippen LogP contribution in [0.1, 0.15) is 17.0 Å². The molecule has 0 spiro atoms. The van der Waals surface area contributed by atoms with Crippen molar-refractivity contribution in [3.05, 3.63) is 24.2 Å². The number of hydrogen-bond donors (Lipinski definition) is 1. The second-order valence-corrected chi connectivity index (χ2v) is 8.56. The highest BCUT2D eigenvalue weighted by Gasteiger charge is 2.43. The summed E-state index contributed by atoms with van der Waals surface area (Å²) in [6.45, 7) is 1.87. The molecule has 0 aliphatic carbocycles. The van der Waals surface area contributed by atoms with E-state index in [4.69, 9.17) is 9.15 Å². The highest BCUT2D eigenvalue weighted by atomic mass is 32.2. The lowest BCUT2D eigenvalue weighted by Crippen LogP contribution is -2.49. The van der Waals surface area contributed by atoms with Crippen LogP contribution in [0.4, 0.5) is 0 Å². The van der Waals surface area contributed by atoms with Crippen molar-refractivity contribution in [1.29, 1.82) is 0 Å². The first kappa shape index (κ1) is 17.4. The molecule has 1 N–H and O–H groups in total. The first-order valence-corrected chi connectivity index (χ1v) is 9.40. The Morgan fingerprint density at radius 1 is 1.46 bits per heavy atom. The molecular weight excluding hydrogens is 334 g/mol. The van der Waals surface area contributed by atoms with E-state index in [1.54, 1.807) is 26.2 Å². The molecule has 3 heterocycles. The molecular formula is C15H23N3O5S. The number of fused-ring (bicyclic) bond motifs is 1. The topological polar surface area (TPSA) is 92.1 Å². The lowest BCUT2D eigenvalue weighted by molar-refractivity contribution is 0.0746. The summed E-state index contributed by atoms with van der Waals surface area (Å²) < 4.78 is 38.1. The molecule has 2 aliphatic rings. The van der Waals surface area contributed by atoms with Gasteiger partial charge in [-0.1, -0.05) is 0 Å². The molecule has 1 amide bonds. The summed E-state index contributed by atoms with van der Waals surface area (Å²) >= 11 is 0. The Balaban J connectivity index is 1.55. The molecule has 2 aliphatic heterocycles. The van der Waals surface area contributed by atoms with Crippen molar-refractivity contribution in [2.75, 3.05) is 40.3 Å². The molecule has 24 heavy (non-hydrogen) atoms. The van der Waals surface area contributed by atoms with Crippen LogP contribution in [-0.2, 0) is 14.9 Å². The molecule has 8 nitrogen and oxygen atoms in total. The van der Waals surface area contributed by atoms with Crippen molar-refractivity contribution >= 4 is 16.1 Å². The van der Waals surface area contributed by atoms with Crippen LogP contribution in [0.2, 0.25) is 0 Å². The van der Waals surface area contributed by atoms with Crippen LogP contribution in [0.15, 0.2) is 22.8 Å². The van der Waals surface area contributed by atoms with E-state index in [1.807, 2.05) is 0 Å². The third kappa shape index (κ3) is 3.34. The van der Waals surface area contributed by atoms with E-state index < -0.39 is 10.2 Å². The van der Waals surface area contributed by atoms with Crippen molar-refractivity contribution in [1.82, 2.24) is 13.9 Å². The third-order valence-electron chi connectivity index (χ3n) is 4.75. The largest absolute Gasteiger partial charge is 0.459 e. The fraction of sp³-hybridized carbons (Fsp3) is 0.667. The summed E-state index contributed by atoms with van der Waals surface area (Å²) in [6, 6.07) is 3.27. The third-order valence-corrected chi connectivity index (χ3v) is 6.66. The van der Waals surface area contributed by atoms with E-state index in [-0.39, 0.29) is 29.6 Å². The molecule has 0 unspecified atom stereocenters. The van der Waals surface area contributed by atoms with Gasteiger partial charge in [-0.15, -0.1) is 0 Å². The summed E-state index contributed by atoms with van der Waals surface area (Å²) in [5.41, 5.74) is 0. The fourth-order valence-electron chi connectivity index (χ4n) is 3.39. The predicted octanol–water partition coefficient (Wildman–Crippen LogP) is 0.153. The van der Waals surface area contributed by atoms with Gasteiger partial charge in [-0.2, -0.15) is 17.0 Å². The van der Waals surface area contributed by atoms with E-state index in [9.17, 15) is 13.2 Å². The molecule has 0 aromatic carbocycles. The summed E-state index contributed by atoms with van der Waals surface area (Å²) in [5.74, 6) is 0.436. The number of amides is 1. The maximum Gasteiger partial charge on any atom is 0.287 e. The molecule has 0 radical (unpaired) electrons. The zero-order chi connectivity index (χ0) is 17.3. The summed E-state index contributed by atoms with van der Waals surface area (Å²) in [5, 5.41) is 2.82. The van der Waals surface area contributed by atoms with Gasteiger partial charge in [0.15, 0.2) is 5.76 Å². The van der Waals surface area contributed by atoms with Crippen molar-refractivity contribution in [3.63, 3.8) is 0 Å². The van der Waals surface area contributed by atoms with E-state index in [0.29, 0.717) is 26.2 Å². The van der Waals surface area contributed by atoms with Crippen molar-refractivity contribution in [3.8, 4) is 0 Å². The van der Waals surface area contributed by atoms with E-state index in [2.05, 4.69) is 5.32 Å². The molecule has 0 bridgehead atoms. The number of ether oxygens (including phenoxy) is 1. The Hall–Kier alpha value is -1.42. The fourth-order valence-corrected chi connectivity index (χ4v) is 4.57. The SMILES string of the molecule is CN(C)S(=O)(=O)N1CC[C@@H]2[C@@H](CO[C@H]2CNC(=O)c2ccco2)C1. The van der Waals surface area contributed by atoms with Gasteiger partial charge < -0.3 is 14.5 Å². The average Bonchev–Trinajstić information content (AvgIpc) is 3.21. The van der Waals surface area contributed by atoms with Crippen LogP contribution in [0, 0.1) is 11.8 Å². The van der Waals surface area contributed by atoms with Crippen molar-refractivity contribution in [2.24, 2.45) is 11.8 Å². The Labute approximate surface area is 141 Å². The maximum atomic E-state index is 12.2. The molecule has 0 saturated carbocycles. The Kier molecular flexibility index (Phi) is 4.95. The van der Waals surface area contributed by atoms with Gasteiger partial charge in [0.2, 0.25) is 0 Å². The molecule has 2 saturated heterocycles. The van der Waals surface area contributed by atoms with Crippen LogP contribution < -0.4 is 5.32 Å². The minimum absolute atomic E-state index is 0.0851. The van der Waals surface area contributed by atoms with Gasteiger partial charge in [-0.3, -0.25) is 4.79 Å². The minimum atomic E-state index is -3.38. The standard InChI is InChI=1S/C15H23N3O5S/c1-17(2)24(20,21)18-6-5-12-11(9-18)10-23-14(12)8-16-15(19)13-4-3-7-22-13/h3-4,7,11-12,14H,5-6,8-10H2,1-2H3,(H,16,19)/t11-,12-,14+/m1/s1. The Morgan fingerprint density at radius 3 is 2.92 bits per heavy atom. The van der Waals surface area contributed by atoms with Crippen molar-refractivity contribution in [2.45, 2.75) is 12.5 Å². The van der Waals surface area contributed by atoms with Gasteiger partial charge in [0.25, 0.3) is 16.1 Å². The van der Waals surface area contributed by atoms with Crippen LogP contribution in [-0.4, -0.2) is 69.4 Å². The van der Waals surface area contributed by atoms with Gasteiger partial charge >= 0.3 is 0 Å². The first-order valence-electron chi connectivity index (χ1n) is 8.00. The summed E-state index contributed by atoms with van der Waals surface area (Å²) in [6.07, 6.45) is 2.11. The van der Waals surface area contributed by atoms with Crippen LogP contribution in [0.5, 0.6) is 0 Å². The number of nitrogens with one attached hydrogen (secondary N) is 1. The normalized spacial score (nSPS) is 28.0. The van der Waals surface area contributed by atoms with E-state index in [0.717, 1.165) is 6.42 Å². The minimum Gasteiger partial charge on any atom is -0.459 e. The molecule has 9 heteroatoms. The Morgan fingerprint density at radius 2 is 2.25 bits per heavy atom. The lowest BCUT2D eigenvalue weighted by Gasteiger charge is -2.35. The molecule has 1 aromatic rings. The molecule has 3 rings (SSSR count). The predicted molar refractivity (Wildman–Crippen MR) is 86.6 cm³/mol. The number of furan rings is 1. The van der Waals surface area contributed by atoms with Crippen molar-refractivity contribution < 1.29 is 22.4 Å². The van der Waals surface area contributed by atoms with E-state index >= 15 is 0 Å². The Bertz CT molecular complexity index is 673. The smallest absolute Gasteiger partial charge is 0.287 e. The average molecular weight is 357 g/mol.